The molecule has 0 radical (unpaired) electrons. The molecule has 4 aromatic rings. The molecular weight excluding hydrogens is 512 g/mol. The van der Waals surface area contributed by atoms with Crippen molar-refractivity contribution in [2.45, 2.75) is 51.0 Å². The first kappa shape index (κ1) is 25.9. The van der Waals surface area contributed by atoms with Crippen molar-refractivity contribution >= 4 is 32.7 Å². The predicted molar refractivity (Wildman–Crippen MR) is 139 cm³/mol. The van der Waals surface area contributed by atoms with Crippen molar-refractivity contribution in [3.05, 3.63) is 35.0 Å². The number of nitrogens with two attached hydrogens (primary N) is 1. The van der Waals surface area contributed by atoms with Gasteiger partial charge in [-0.15, -0.1) is 10.2 Å². The molecule has 202 valence electrons. The molecule has 3 aromatic heterocycles. The van der Waals surface area contributed by atoms with E-state index in [0.717, 1.165) is 6.42 Å². The molecule has 1 aliphatic heterocycles. The van der Waals surface area contributed by atoms with E-state index in [1.807, 2.05) is 13.8 Å². The summed E-state index contributed by atoms with van der Waals surface area (Å²) in [6.07, 6.45) is 3.58. The van der Waals surface area contributed by atoms with Gasteiger partial charge in [-0.25, -0.2) is 22.6 Å². The highest BCUT2D eigenvalue weighted by atomic mass is 32.2. The van der Waals surface area contributed by atoms with Crippen LogP contribution in [0.4, 0.5) is 0 Å². The van der Waals surface area contributed by atoms with Gasteiger partial charge in [0.25, 0.3) is 0 Å². The molecule has 0 bridgehead atoms. The van der Waals surface area contributed by atoms with Gasteiger partial charge in [0.15, 0.2) is 11.3 Å². The molecule has 4 heterocycles. The molecule has 0 atom stereocenters. The van der Waals surface area contributed by atoms with Crippen LogP contribution in [0.5, 0.6) is 5.75 Å². The maximum Gasteiger partial charge on any atom is 0.336 e. The number of carbonyl (C=O) groups is 1. The summed E-state index contributed by atoms with van der Waals surface area (Å²) in [6, 6.07) is 4.66. The SMILES string of the molecule is CCCOc1ccc(S(=O)(=O)N2CCC(C(N)=O)CC2)cc1-c1nc2c([nH]1)c1nncn1c(=O)n2CCC. The number of ether oxygens (including phenoxy) is 1. The molecule has 13 nitrogen and oxygen atoms in total. The number of nitrogens with one attached hydrogen (secondary N) is 1. The van der Waals surface area contributed by atoms with Gasteiger partial charge < -0.3 is 15.5 Å². The average molecular weight is 543 g/mol. The number of aromatic nitrogens is 6. The molecule has 1 amide bonds. The number of aromatic amines is 1. The van der Waals surface area contributed by atoms with Gasteiger partial charge in [0.1, 0.15) is 23.4 Å². The molecular formula is C24H30N8O5S. The maximum atomic E-state index is 13.5. The van der Waals surface area contributed by atoms with E-state index in [-0.39, 0.29) is 29.6 Å². The second kappa shape index (κ2) is 10.2. The van der Waals surface area contributed by atoms with Crippen LogP contribution in [0, 0.1) is 5.92 Å². The third kappa shape index (κ3) is 4.43. The fraction of sp³-hybridized carbons (Fsp3) is 0.458. The number of amides is 1. The van der Waals surface area contributed by atoms with Gasteiger partial charge in [0.05, 0.1) is 17.1 Å². The van der Waals surface area contributed by atoms with Crippen molar-refractivity contribution in [3.8, 4) is 17.1 Å². The highest BCUT2D eigenvalue weighted by Gasteiger charge is 2.32. The van der Waals surface area contributed by atoms with Crippen molar-refractivity contribution < 1.29 is 17.9 Å². The minimum atomic E-state index is -3.86. The van der Waals surface area contributed by atoms with Gasteiger partial charge in [-0.1, -0.05) is 13.8 Å². The Balaban J connectivity index is 1.62. The minimum absolute atomic E-state index is 0.0768. The number of sulfonamides is 1. The number of nitrogens with zero attached hydrogens (tertiary/aromatic N) is 6. The van der Waals surface area contributed by atoms with Crippen molar-refractivity contribution in [1.82, 2.24) is 33.4 Å². The van der Waals surface area contributed by atoms with E-state index in [1.54, 1.807) is 10.6 Å². The summed E-state index contributed by atoms with van der Waals surface area (Å²) in [7, 11) is -3.86. The first-order valence-electron chi connectivity index (χ1n) is 12.6. The number of rotatable bonds is 9. The first-order valence-corrected chi connectivity index (χ1v) is 14.1. The van der Waals surface area contributed by atoms with E-state index in [2.05, 4.69) is 15.2 Å². The third-order valence-corrected chi connectivity index (χ3v) is 8.65. The van der Waals surface area contributed by atoms with Crippen LogP contribution >= 0.6 is 0 Å². The lowest BCUT2D eigenvalue weighted by Crippen LogP contribution is -2.41. The van der Waals surface area contributed by atoms with E-state index in [4.69, 9.17) is 15.5 Å². The standard InChI is InChI=1S/C24H30N8O5S/c1-3-9-31-22-19(23-29-26-14-32(23)24(31)34)27-21(28-22)17-13-16(5-6-18(17)37-12-4-2)38(35,36)30-10-7-15(8-11-30)20(25)33/h5-6,13-15H,3-4,7-12H2,1-2H3,(H2,25,33)(H,27,28). The highest BCUT2D eigenvalue weighted by Crippen LogP contribution is 2.34. The Kier molecular flexibility index (Phi) is 6.92. The number of aryl methyl sites for hydroxylation is 1. The first-order chi connectivity index (χ1) is 18.3. The molecule has 5 rings (SSSR count). The van der Waals surface area contributed by atoms with Crippen LogP contribution in [-0.4, -0.2) is 67.5 Å². The molecule has 1 aliphatic rings. The second-order valence-corrected chi connectivity index (χ2v) is 11.3. The highest BCUT2D eigenvalue weighted by molar-refractivity contribution is 7.89. The van der Waals surface area contributed by atoms with Gasteiger partial charge in [0, 0.05) is 25.6 Å². The van der Waals surface area contributed by atoms with Crippen LogP contribution in [0.2, 0.25) is 0 Å². The van der Waals surface area contributed by atoms with Crippen LogP contribution < -0.4 is 16.2 Å². The molecule has 0 saturated carbocycles. The molecule has 14 heteroatoms. The zero-order valence-corrected chi connectivity index (χ0v) is 22.1. The summed E-state index contributed by atoms with van der Waals surface area (Å²) >= 11 is 0. The molecule has 0 aliphatic carbocycles. The molecule has 38 heavy (non-hydrogen) atoms. The van der Waals surface area contributed by atoms with Crippen LogP contribution in [-0.2, 0) is 21.4 Å². The van der Waals surface area contributed by atoms with Crippen LogP contribution in [0.3, 0.4) is 0 Å². The number of primary amides is 1. The molecule has 0 spiro atoms. The van der Waals surface area contributed by atoms with Crippen molar-refractivity contribution in [1.29, 1.82) is 0 Å². The quantitative estimate of drug-likeness (QED) is 0.320. The van der Waals surface area contributed by atoms with E-state index in [9.17, 15) is 18.0 Å². The van der Waals surface area contributed by atoms with E-state index in [1.165, 1.54) is 27.2 Å². The Morgan fingerprint density at radius 2 is 1.95 bits per heavy atom. The number of piperidine rings is 1. The van der Waals surface area contributed by atoms with Crippen molar-refractivity contribution in [2.75, 3.05) is 19.7 Å². The number of hydrogen-bond acceptors (Lipinski definition) is 8. The summed E-state index contributed by atoms with van der Waals surface area (Å²) in [5, 5.41) is 7.97. The summed E-state index contributed by atoms with van der Waals surface area (Å²) < 4.78 is 37.3. The predicted octanol–water partition coefficient (Wildman–Crippen LogP) is 1.52. The fourth-order valence-electron chi connectivity index (χ4n) is 4.76. The lowest BCUT2D eigenvalue weighted by atomic mass is 9.98. The normalized spacial score (nSPS) is 15.4. The topological polar surface area (TPSA) is 171 Å². The van der Waals surface area contributed by atoms with Gasteiger partial charge >= 0.3 is 5.69 Å². The second-order valence-electron chi connectivity index (χ2n) is 9.33. The summed E-state index contributed by atoms with van der Waals surface area (Å²) in [6.45, 7) is 5.20. The van der Waals surface area contributed by atoms with Crippen LogP contribution in [0.15, 0.2) is 34.2 Å². The Bertz CT molecular complexity index is 1660. The largest absolute Gasteiger partial charge is 0.493 e. The Morgan fingerprint density at radius 3 is 2.63 bits per heavy atom. The van der Waals surface area contributed by atoms with Crippen molar-refractivity contribution in [2.24, 2.45) is 11.7 Å². The van der Waals surface area contributed by atoms with Crippen LogP contribution in [0.25, 0.3) is 28.2 Å². The van der Waals surface area contributed by atoms with E-state index < -0.39 is 15.9 Å². The third-order valence-electron chi connectivity index (χ3n) is 6.76. The number of fused-ring (bicyclic) bond motifs is 3. The monoisotopic (exact) mass is 542 g/mol. The summed E-state index contributed by atoms with van der Waals surface area (Å²) in [5.74, 6) is 0.0668. The van der Waals surface area contributed by atoms with E-state index >= 15 is 0 Å². The molecule has 0 unspecified atom stereocenters. The number of benzene rings is 1. The summed E-state index contributed by atoms with van der Waals surface area (Å²) in [4.78, 5) is 32.6. The maximum absolute atomic E-state index is 13.5. The fourth-order valence-corrected chi connectivity index (χ4v) is 6.25. The van der Waals surface area contributed by atoms with Gasteiger partial charge in [0.2, 0.25) is 15.9 Å². The minimum Gasteiger partial charge on any atom is -0.493 e. The number of hydrogen-bond donors (Lipinski definition) is 2. The average Bonchev–Trinajstić information content (AvgIpc) is 3.58. The Hall–Kier alpha value is -3.78. The molecule has 1 fully saturated rings. The van der Waals surface area contributed by atoms with Gasteiger partial charge in [-0.05, 0) is 43.9 Å². The van der Waals surface area contributed by atoms with Crippen LogP contribution in [0.1, 0.15) is 39.5 Å². The number of H-pyrrole nitrogens is 1. The Labute approximate surface area is 218 Å². The molecule has 3 N–H and O–H groups in total. The molecule has 1 aromatic carbocycles. The van der Waals surface area contributed by atoms with Crippen molar-refractivity contribution in [3.63, 3.8) is 0 Å². The lowest BCUT2D eigenvalue weighted by molar-refractivity contribution is -0.122. The summed E-state index contributed by atoms with van der Waals surface area (Å²) in [5.41, 5.74) is 6.77. The lowest BCUT2D eigenvalue weighted by Gasteiger charge is -2.29. The van der Waals surface area contributed by atoms with Gasteiger partial charge in [-0.2, -0.15) is 4.31 Å². The van der Waals surface area contributed by atoms with E-state index in [0.29, 0.717) is 66.4 Å². The molecule has 1 saturated heterocycles. The zero-order chi connectivity index (χ0) is 27.0. The number of imidazole rings is 1. The number of carbonyl (C=O) groups excluding carboxylic acids is 1. The zero-order valence-electron chi connectivity index (χ0n) is 21.3. The smallest absolute Gasteiger partial charge is 0.336 e. The Morgan fingerprint density at radius 1 is 1.18 bits per heavy atom. The van der Waals surface area contributed by atoms with Gasteiger partial charge in [-0.3, -0.25) is 9.36 Å².